The Bertz CT molecular complexity index is 1020. The number of phenols is 1. The van der Waals surface area contributed by atoms with Crippen molar-refractivity contribution in [2.75, 3.05) is 26.2 Å². The summed E-state index contributed by atoms with van der Waals surface area (Å²) in [5.74, 6) is 0.327. The molecule has 3 aromatic rings. The number of hydrogen-bond donors (Lipinski definition) is 2. The van der Waals surface area contributed by atoms with Crippen molar-refractivity contribution in [2.24, 2.45) is 0 Å². The molecule has 0 aliphatic carbocycles. The summed E-state index contributed by atoms with van der Waals surface area (Å²) in [6, 6.07) is 11.3. The number of likely N-dealkylation sites (tertiary alicyclic amines) is 2. The zero-order chi connectivity index (χ0) is 19.8. The molecule has 5 rings (SSSR count). The van der Waals surface area contributed by atoms with Gasteiger partial charge in [-0.3, -0.25) is 9.89 Å². The van der Waals surface area contributed by atoms with Gasteiger partial charge in [0.15, 0.2) is 0 Å². The number of phenolic OH excluding ortho intramolecular Hbond substituents is 1. The van der Waals surface area contributed by atoms with E-state index in [2.05, 4.69) is 20.0 Å². The van der Waals surface area contributed by atoms with E-state index in [1.807, 2.05) is 24.3 Å². The number of amides is 1. The number of H-pyrrole nitrogens is 1. The Balaban J connectivity index is 1.49. The summed E-state index contributed by atoms with van der Waals surface area (Å²) in [7, 11) is 0. The maximum absolute atomic E-state index is 13.6. The number of hydrogen-bond acceptors (Lipinski definition) is 4. The Hall–Kier alpha value is -2.86. The van der Waals surface area contributed by atoms with Crippen LogP contribution in [0, 0.1) is 0 Å². The van der Waals surface area contributed by atoms with E-state index in [9.17, 15) is 9.90 Å². The van der Waals surface area contributed by atoms with Gasteiger partial charge in [-0.05, 0) is 74.2 Å². The Kier molecular flexibility index (Phi) is 4.72. The van der Waals surface area contributed by atoms with E-state index in [0.717, 1.165) is 61.1 Å². The van der Waals surface area contributed by atoms with Crippen LogP contribution in [-0.2, 0) is 0 Å². The number of nitrogens with one attached hydrogen (secondary N) is 1. The highest BCUT2D eigenvalue weighted by Crippen LogP contribution is 2.30. The Morgan fingerprint density at radius 2 is 1.86 bits per heavy atom. The standard InChI is InChI=1S/C23H26N4O2/c28-19-7-5-16(6-8-19)17-12-20(21-14-24-25-22(21)13-17)23(29)27-11-3-4-18(27)15-26-9-1-2-10-26/h5-8,12-14,18,28H,1-4,9-11,15H2,(H,24,25)/t18-/m0/s1. The van der Waals surface area contributed by atoms with Crippen molar-refractivity contribution < 1.29 is 9.90 Å². The van der Waals surface area contributed by atoms with E-state index in [-0.39, 0.29) is 11.7 Å². The molecule has 0 bridgehead atoms. The fraction of sp³-hybridized carbons (Fsp3) is 0.391. The number of benzene rings is 2. The number of aromatic hydroxyl groups is 1. The molecule has 1 aromatic heterocycles. The van der Waals surface area contributed by atoms with Crippen LogP contribution in [0.3, 0.4) is 0 Å². The highest BCUT2D eigenvalue weighted by Gasteiger charge is 2.32. The van der Waals surface area contributed by atoms with Crippen LogP contribution in [-0.4, -0.2) is 63.2 Å². The van der Waals surface area contributed by atoms with Gasteiger partial charge >= 0.3 is 0 Å². The van der Waals surface area contributed by atoms with Gasteiger partial charge in [0, 0.05) is 24.5 Å². The van der Waals surface area contributed by atoms with E-state index < -0.39 is 0 Å². The number of carbonyl (C=O) groups excluding carboxylic acids is 1. The van der Waals surface area contributed by atoms with Crippen LogP contribution in [0.25, 0.3) is 22.0 Å². The van der Waals surface area contributed by atoms with E-state index in [1.54, 1.807) is 18.3 Å². The van der Waals surface area contributed by atoms with E-state index in [4.69, 9.17) is 0 Å². The molecular formula is C23H26N4O2. The van der Waals surface area contributed by atoms with Crippen LogP contribution >= 0.6 is 0 Å². The molecule has 0 saturated carbocycles. The lowest BCUT2D eigenvalue weighted by molar-refractivity contribution is 0.0711. The molecule has 2 N–H and O–H groups in total. The number of fused-ring (bicyclic) bond motifs is 1. The van der Waals surface area contributed by atoms with Crippen molar-refractivity contribution in [3.05, 3.63) is 48.2 Å². The average Bonchev–Trinajstić information content (AvgIpc) is 3.49. The molecule has 2 fully saturated rings. The van der Waals surface area contributed by atoms with Crippen LogP contribution in [0.15, 0.2) is 42.6 Å². The lowest BCUT2D eigenvalue weighted by Gasteiger charge is -2.29. The van der Waals surface area contributed by atoms with Crippen LogP contribution in [0.1, 0.15) is 36.0 Å². The van der Waals surface area contributed by atoms with Gasteiger partial charge in [0.25, 0.3) is 5.91 Å². The lowest BCUT2D eigenvalue weighted by Crippen LogP contribution is -2.42. The summed E-state index contributed by atoms with van der Waals surface area (Å²) in [6.07, 6.45) is 6.43. The first-order valence-corrected chi connectivity index (χ1v) is 10.5. The van der Waals surface area contributed by atoms with Gasteiger partial charge in [-0.2, -0.15) is 5.10 Å². The van der Waals surface area contributed by atoms with E-state index >= 15 is 0 Å². The first-order chi connectivity index (χ1) is 14.2. The fourth-order valence-corrected chi connectivity index (χ4v) is 4.76. The quantitative estimate of drug-likeness (QED) is 0.713. The molecule has 3 heterocycles. The molecule has 2 aliphatic heterocycles. The summed E-state index contributed by atoms with van der Waals surface area (Å²) in [4.78, 5) is 18.2. The SMILES string of the molecule is O=C(c1cc(-c2ccc(O)cc2)cc2[nH]ncc12)N1CCC[C@H]1CN1CCCC1. The molecular weight excluding hydrogens is 364 g/mol. The molecule has 0 unspecified atom stereocenters. The first-order valence-electron chi connectivity index (χ1n) is 10.5. The minimum absolute atomic E-state index is 0.0960. The van der Waals surface area contributed by atoms with Gasteiger partial charge < -0.3 is 14.9 Å². The summed E-state index contributed by atoms with van der Waals surface area (Å²) >= 11 is 0. The van der Waals surface area contributed by atoms with Crippen LogP contribution in [0.4, 0.5) is 0 Å². The number of aromatic amines is 1. The van der Waals surface area contributed by atoms with Crippen LogP contribution in [0.2, 0.25) is 0 Å². The normalized spacial score (nSPS) is 20.0. The molecule has 2 aromatic carbocycles. The third-order valence-corrected chi connectivity index (χ3v) is 6.30. The van der Waals surface area contributed by atoms with Crippen molar-refractivity contribution in [3.63, 3.8) is 0 Å². The smallest absolute Gasteiger partial charge is 0.254 e. The molecule has 0 radical (unpaired) electrons. The van der Waals surface area contributed by atoms with Gasteiger partial charge in [0.05, 0.1) is 17.3 Å². The summed E-state index contributed by atoms with van der Waals surface area (Å²) in [6.45, 7) is 4.11. The number of nitrogens with zero attached hydrogens (tertiary/aromatic N) is 3. The number of aromatic nitrogens is 2. The van der Waals surface area contributed by atoms with Gasteiger partial charge in [-0.25, -0.2) is 0 Å². The predicted molar refractivity (Wildman–Crippen MR) is 113 cm³/mol. The maximum Gasteiger partial charge on any atom is 0.254 e. The number of rotatable bonds is 4. The second kappa shape index (κ2) is 7.52. The van der Waals surface area contributed by atoms with Gasteiger partial charge in [-0.15, -0.1) is 0 Å². The highest BCUT2D eigenvalue weighted by molar-refractivity contribution is 6.08. The number of carbonyl (C=O) groups is 1. The molecule has 6 nitrogen and oxygen atoms in total. The largest absolute Gasteiger partial charge is 0.508 e. The Morgan fingerprint density at radius 3 is 2.66 bits per heavy atom. The second-order valence-electron chi connectivity index (χ2n) is 8.20. The monoisotopic (exact) mass is 390 g/mol. The van der Waals surface area contributed by atoms with Crippen molar-refractivity contribution in [1.29, 1.82) is 0 Å². The average molecular weight is 390 g/mol. The molecule has 29 heavy (non-hydrogen) atoms. The van der Waals surface area contributed by atoms with E-state index in [1.165, 1.54) is 12.8 Å². The molecule has 150 valence electrons. The lowest BCUT2D eigenvalue weighted by atomic mass is 9.99. The third-order valence-electron chi connectivity index (χ3n) is 6.30. The van der Waals surface area contributed by atoms with Crippen LogP contribution in [0.5, 0.6) is 5.75 Å². The van der Waals surface area contributed by atoms with Gasteiger partial charge in [-0.1, -0.05) is 12.1 Å². The summed E-state index contributed by atoms with van der Waals surface area (Å²) < 4.78 is 0. The van der Waals surface area contributed by atoms with Crippen molar-refractivity contribution in [2.45, 2.75) is 31.7 Å². The maximum atomic E-state index is 13.6. The zero-order valence-electron chi connectivity index (χ0n) is 16.5. The first kappa shape index (κ1) is 18.2. The Labute approximate surface area is 170 Å². The van der Waals surface area contributed by atoms with Crippen LogP contribution < -0.4 is 0 Å². The molecule has 1 amide bonds. The van der Waals surface area contributed by atoms with E-state index in [0.29, 0.717) is 11.6 Å². The Morgan fingerprint density at radius 1 is 1.07 bits per heavy atom. The summed E-state index contributed by atoms with van der Waals surface area (Å²) in [5.41, 5.74) is 3.46. The fourth-order valence-electron chi connectivity index (χ4n) is 4.76. The summed E-state index contributed by atoms with van der Waals surface area (Å²) in [5, 5.41) is 17.7. The van der Waals surface area contributed by atoms with Crippen molar-refractivity contribution >= 4 is 16.8 Å². The highest BCUT2D eigenvalue weighted by atomic mass is 16.3. The zero-order valence-corrected chi connectivity index (χ0v) is 16.5. The predicted octanol–water partition coefficient (Wildman–Crippen LogP) is 3.64. The van der Waals surface area contributed by atoms with Gasteiger partial charge in [0.1, 0.15) is 5.75 Å². The molecule has 6 heteroatoms. The minimum atomic E-state index is 0.0960. The molecule has 1 atom stereocenters. The molecule has 2 aliphatic rings. The molecule has 0 spiro atoms. The second-order valence-corrected chi connectivity index (χ2v) is 8.20. The minimum Gasteiger partial charge on any atom is -0.508 e. The van der Waals surface area contributed by atoms with Crippen molar-refractivity contribution in [3.8, 4) is 16.9 Å². The van der Waals surface area contributed by atoms with Crippen molar-refractivity contribution in [1.82, 2.24) is 20.0 Å². The third kappa shape index (κ3) is 3.49. The molecule has 2 saturated heterocycles. The topological polar surface area (TPSA) is 72.5 Å². The van der Waals surface area contributed by atoms with Gasteiger partial charge in [0.2, 0.25) is 0 Å².